The van der Waals surface area contributed by atoms with Crippen molar-refractivity contribution in [3.8, 4) is 0 Å². The van der Waals surface area contributed by atoms with E-state index in [9.17, 15) is 5.11 Å². The van der Waals surface area contributed by atoms with E-state index in [1.807, 2.05) is 35.0 Å². The van der Waals surface area contributed by atoms with Crippen LogP contribution in [0, 0.1) is 0 Å². The fraction of sp³-hybridized carbons (Fsp3) is 0.231. The lowest BCUT2D eigenvalue weighted by Crippen LogP contribution is -2.20. The van der Waals surface area contributed by atoms with Crippen LogP contribution < -0.4 is 5.32 Å². The van der Waals surface area contributed by atoms with E-state index in [4.69, 9.17) is 0 Å². The first-order valence-electron chi connectivity index (χ1n) is 5.41. The molecule has 1 atom stereocenters. The standard InChI is InChI=1S/C13H14BrNOS/c14-12-4-2-1-3-10(12)7-15-8-13(16)11-5-6-17-9-11/h1-6,9,13,15-16H,7-8H2. The monoisotopic (exact) mass is 311 g/mol. The van der Waals surface area contributed by atoms with Crippen molar-refractivity contribution in [1.29, 1.82) is 0 Å². The van der Waals surface area contributed by atoms with Crippen LogP contribution in [0.25, 0.3) is 0 Å². The topological polar surface area (TPSA) is 32.3 Å². The number of nitrogens with one attached hydrogen (secondary N) is 1. The summed E-state index contributed by atoms with van der Waals surface area (Å²) < 4.78 is 1.09. The predicted octanol–water partition coefficient (Wildman–Crippen LogP) is 3.33. The van der Waals surface area contributed by atoms with E-state index in [0.29, 0.717) is 6.54 Å². The number of aliphatic hydroxyl groups excluding tert-OH is 1. The van der Waals surface area contributed by atoms with Crippen molar-refractivity contribution >= 4 is 27.3 Å². The molecule has 2 nitrogen and oxygen atoms in total. The molecule has 1 heterocycles. The first kappa shape index (κ1) is 12.8. The third-order valence-electron chi connectivity index (χ3n) is 2.54. The Morgan fingerprint density at radius 3 is 2.82 bits per heavy atom. The van der Waals surface area contributed by atoms with Gasteiger partial charge in [0.1, 0.15) is 0 Å². The molecule has 0 radical (unpaired) electrons. The van der Waals surface area contributed by atoms with Crippen LogP contribution in [0.15, 0.2) is 45.6 Å². The summed E-state index contributed by atoms with van der Waals surface area (Å²) >= 11 is 5.11. The van der Waals surface area contributed by atoms with Gasteiger partial charge in [0.05, 0.1) is 6.10 Å². The average Bonchev–Trinajstić information content (AvgIpc) is 2.85. The van der Waals surface area contributed by atoms with Gasteiger partial charge in [0, 0.05) is 17.6 Å². The van der Waals surface area contributed by atoms with Crippen LogP contribution in [0.4, 0.5) is 0 Å². The first-order valence-corrected chi connectivity index (χ1v) is 7.15. The molecule has 1 aromatic carbocycles. The van der Waals surface area contributed by atoms with Gasteiger partial charge < -0.3 is 10.4 Å². The Bertz CT molecular complexity index is 458. The minimum absolute atomic E-state index is 0.427. The summed E-state index contributed by atoms with van der Waals surface area (Å²) in [6.45, 7) is 1.32. The van der Waals surface area contributed by atoms with Gasteiger partial charge >= 0.3 is 0 Å². The molecule has 90 valence electrons. The number of benzene rings is 1. The van der Waals surface area contributed by atoms with Crippen LogP contribution in [-0.2, 0) is 6.54 Å². The van der Waals surface area contributed by atoms with Gasteiger partial charge in [-0.1, -0.05) is 34.1 Å². The van der Waals surface area contributed by atoms with Crippen LogP contribution in [-0.4, -0.2) is 11.7 Å². The maximum absolute atomic E-state index is 9.89. The molecule has 0 aliphatic carbocycles. The van der Waals surface area contributed by atoms with Gasteiger partial charge in [-0.05, 0) is 34.0 Å². The zero-order chi connectivity index (χ0) is 12.1. The van der Waals surface area contributed by atoms with E-state index in [2.05, 4.69) is 27.3 Å². The number of thiophene rings is 1. The largest absolute Gasteiger partial charge is 0.387 e. The Morgan fingerprint density at radius 2 is 2.12 bits per heavy atom. The lowest BCUT2D eigenvalue weighted by Gasteiger charge is -2.11. The summed E-state index contributed by atoms with van der Waals surface area (Å²) in [5.41, 5.74) is 2.18. The van der Waals surface area contributed by atoms with Crippen molar-refractivity contribution in [2.75, 3.05) is 6.54 Å². The highest BCUT2D eigenvalue weighted by Gasteiger charge is 2.07. The number of rotatable bonds is 5. The van der Waals surface area contributed by atoms with Gasteiger partial charge in [0.15, 0.2) is 0 Å². The van der Waals surface area contributed by atoms with Gasteiger partial charge in [-0.2, -0.15) is 11.3 Å². The molecule has 1 unspecified atom stereocenters. The molecular formula is C13H14BrNOS. The highest BCUT2D eigenvalue weighted by molar-refractivity contribution is 9.10. The second-order valence-corrected chi connectivity index (χ2v) is 5.43. The molecular weight excluding hydrogens is 298 g/mol. The molecule has 0 amide bonds. The molecule has 0 aliphatic heterocycles. The van der Waals surface area contributed by atoms with Crippen LogP contribution in [0.3, 0.4) is 0 Å². The smallest absolute Gasteiger partial charge is 0.0922 e. The van der Waals surface area contributed by atoms with Gasteiger partial charge in [0.25, 0.3) is 0 Å². The number of hydrogen-bond donors (Lipinski definition) is 2. The summed E-state index contributed by atoms with van der Waals surface area (Å²) in [6, 6.07) is 10.0. The number of hydrogen-bond acceptors (Lipinski definition) is 3. The maximum atomic E-state index is 9.89. The minimum atomic E-state index is -0.427. The fourth-order valence-electron chi connectivity index (χ4n) is 1.57. The molecule has 17 heavy (non-hydrogen) atoms. The predicted molar refractivity (Wildman–Crippen MR) is 75.1 cm³/mol. The van der Waals surface area contributed by atoms with Crippen molar-refractivity contribution in [1.82, 2.24) is 5.32 Å². The molecule has 0 bridgehead atoms. The summed E-state index contributed by atoms with van der Waals surface area (Å²) in [7, 11) is 0. The molecule has 0 saturated carbocycles. The van der Waals surface area contributed by atoms with E-state index in [1.165, 1.54) is 5.56 Å². The van der Waals surface area contributed by atoms with E-state index in [0.717, 1.165) is 16.6 Å². The highest BCUT2D eigenvalue weighted by Crippen LogP contribution is 2.17. The second kappa shape index (κ2) is 6.31. The van der Waals surface area contributed by atoms with E-state index < -0.39 is 6.10 Å². The average molecular weight is 312 g/mol. The minimum Gasteiger partial charge on any atom is -0.387 e. The Labute approximate surface area is 113 Å². The Hall–Kier alpha value is -0.680. The van der Waals surface area contributed by atoms with Crippen LogP contribution in [0.1, 0.15) is 17.2 Å². The molecule has 0 saturated heterocycles. The molecule has 0 fully saturated rings. The molecule has 0 aliphatic rings. The summed E-state index contributed by atoms with van der Waals surface area (Å²) in [5, 5.41) is 17.1. The zero-order valence-corrected chi connectivity index (χ0v) is 11.7. The lowest BCUT2D eigenvalue weighted by molar-refractivity contribution is 0.175. The molecule has 4 heteroatoms. The Kier molecular flexibility index (Phi) is 4.74. The zero-order valence-electron chi connectivity index (χ0n) is 9.27. The van der Waals surface area contributed by atoms with Gasteiger partial charge in [-0.3, -0.25) is 0 Å². The van der Waals surface area contributed by atoms with Gasteiger partial charge in [-0.15, -0.1) is 0 Å². The molecule has 2 aromatic rings. The van der Waals surface area contributed by atoms with E-state index in [1.54, 1.807) is 11.3 Å². The summed E-state index contributed by atoms with van der Waals surface area (Å²) in [6.07, 6.45) is -0.427. The summed E-state index contributed by atoms with van der Waals surface area (Å²) in [4.78, 5) is 0. The highest BCUT2D eigenvalue weighted by atomic mass is 79.9. The van der Waals surface area contributed by atoms with Crippen molar-refractivity contribution in [3.05, 3.63) is 56.7 Å². The molecule has 2 N–H and O–H groups in total. The lowest BCUT2D eigenvalue weighted by atomic mass is 10.2. The van der Waals surface area contributed by atoms with Crippen LogP contribution in [0.5, 0.6) is 0 Å². The third kappa shape index (κ3) is 3.64. The molecule has 2 rings (SSSR count). The van der Waals surface area contributed by atoms with Crippen molar-refractivity contribution in [2.24, 2.45) is 0 Å². The van der Waals surface area contributed by atoms with Gasteiger partial charge in [0.2, 0.25) is 0 Å². The SMILES string of the molecule is OC(CNCc1ccccc1Br)c1ccsc1. The van der Waals surface area contributed by atoms with Crippen molar-refractivity contribution in [3.63, 3.8) is 0 Å². The Balaban J connectivity index is 1.82. The third-order valence-corrected chi connectivity index (χ3v) is 4.01. The van der Waals surface area contributed by atoms with Crippen LogP contribution in [0.2, 0.25) is 0 Å². The van der Waals surface area contributed by atoms with Gasteiger partial charge in [-0.25, -0.2) is 0 Å². The first-order chi connectivity index (χ1) is 8.27. The summed E-state index contributed by atoms with van der Waals surface area (Å²) in [5.74, 6) is 0. The number of aliphatic hydroxyl groups is 1. The maximum Gasteiger partial charge on any atom is 0.0922 e. The van der Waals surface area contributed by atoms with Crippen molar-refractivity contribution in [2.45, 2.75) is 12.6 Å². The van der Waals surface area contributed by atoms with E-state index >= 15 is 0 Å². The molecule has 1 aromatic heterocycles. The van der Waals surface area contributed by atoms with Crippen molar-refractivity contribution < 1.29 is 5.11 Å². The normalized spacial score (nSPS) is 12.6. The fourth-order valence-corrected chi connectivity index (χ4v) is 2.70. The van der Waals surface area contributed by atoms with E-state index in [-0.39, 0.29) is 0 Å². The Morgan fingerprint density at radius 1 is 1.29 bits per heavy atom. The van der Waals surface area contributed by atoms with Crippen LogP contribution >= 0.6 is 27.3 Å². The number of halogens is 1. The quantitative estimate of drug-likeness (QED) is 0.887. The second-order valence-electron chi connectivity index (χ2n) is 3.79. The molecule has 0 spiro atoms.